The standard InChI is InChI=1S/C16H21NO4/c1-16(2,3)21-15(19)8-10-17-12-6-4-5-7-13(12)20-11-9-14(17)18/h4-7H,8-11H2,1-3H3. The first kappa shape index (κ1) is 15.4. The van der Waals surface area contributed by atoms with Crippen LogP contribution in [0.3, 0.4) is 0 Å². The number of benzene rings is 1. The van der Waals surface area contributed by atoms with Gasteiger partial charge in [0.2, 0.25) is 5.91 Å². The van der Waals surface area contributed by atoms with Gasteiger partial charge in [0.15, 0.2) is 0 Å². The van der Waals surface area contributed by atoms with Crippen LogP contribution < -0.4 is 9.64 Å². The van der Waals surface area contributed by atoms with Gasteiger partial charge in [-0.15, -0.1) is 0 Å². The number of ether oxygens (including phenoxy) is 2. The molecule has 0 saturated heterocycles. The van der Waals surface area contributed by atoms with Crippen molar-refractivity contribution in [2.24, 2.45) is 0 Å². The Morgan fingerprint density at radius 1 is 1.33 bits per heavy atom. The molecule has 0 radical (unpaired) electrons. The van der Waals surface area contributed by atoms with Crippen LogP contribution in [0.5, 0.6) is 5.75 Å². The molecule has 0 saturated carbocycles. The van der Waals surface area contributed by atoms with Gasteiger partial charge in [0.1, 0.15) is 11.4 Å². The number of hydrogen-bond donors (Lipinski definition) is 0. The molecule has 0 aromatic heterocycles. The Kier molecular flexibility index (Phi) is 4.50. The van der Waals surface area contributed by atoms with Crippen molar-refractivity contribution in [1.29, 1.82) is 0 Å². The molecule has 0 unspecified atom stereocenters. The van der Waals surface area contributed by atoms with Crippen molar-refractivity contribution in [3.63, 3.8) is 0 Å². The number of esters is 1. The molecule has 0 N–H and O–H groups in total. The summed E-state index contributed by atoms with van der Waals surface area (Å²) in [5.74, 6) is 0.328. The molecule has 1 heterocycles. The minimum absolute atomic E-state index is 0.0384. The lowest BCUT2D eigenvalue weighted by molar-refractivity contribution is -0.154. The second-order valence-electron chi connectivity index (χ2n) is 5.95. The van der Waals surface area contributed by atoms with Crippen molar-refractivity contribution < 1.29 is 19.1 Å². The van der Waals surface area contributed by atoms with E-state index in [-0.39, 0.29) is 18.3 Å². The van der Waals surface area contributed by atoms with E-state index in [0.717, 1.165) is 0 Å². The monoisotopic (exact) mass is 291 g/mol. The van der Waals surface area contributed by atoms with Crippen LogP contribution in [0.2, 0.25) is 0 Å². The van der Waals surface area contributed by atoms with Gasteiger partial charge in [-0.2, -0.15) is 0 Å². The fourth-order valence-electron chi connectivity index (χ4n) is 2.16. The van der Waals surface area contributed by atoms with Crippen LogP contribution in [0.4, 0.5) is 5.69 Å². The number of para-hydroxylation sites is 2. The molecule has 1 amide bonds. The predicted octanol–water partition coefficient (Wildman–Crippen LogP) is 2.53. The molecule has 1 aromatic rings. The first-order valence-electron chi connectivity index (χ1n) is 7.11. The molecule has 2 rings (SSSR count). The number of carbonyl (C=O) groups is 2. The fourth-order valence-corrected chi connectivity index (χ4v) is 2.16. The third-order valence-corrected chi connectivity index (χ3v) is 2.99. The number of rotatable bonds is 3. The molecule has 0 fully saturated rings. The van der Waals surface area contributed by atoms with Crippen LogP contribution in [0.15, 0.2) is 24.3 Å². The molecule has 0 atom stereocenters. The quantitative estimate of drug-likeness (QED) is 0.803. The van der Waals surface area contributed by atoms with Crippen LogP contribution in [0.25, 0.3) is 0 Å². The molecule has 1 aliphatic heterocycles. The fraction of sp³-hybridized carbons (Fsp3) is 0.500. The average molecular weight is 291 g/mol. The Bertz CT molecular complexity index is 533. The Balaban J connectivity index is 2.07. The first-order valence-corrected chi connectivity index (χ1v) is 7.11. The largest absolute Gasteiger partial charge is 0.491 e. The number of anilines is 1. The molecule has 0 aliphatic carbocycles. The maximum atomic E-state index is 12.2. The van der Waals surface area contributed by atoms with Crippen LogP contribution >= 0.6 is 0 Å². The molecule has 114 valence electrons. The summed E-state index contributed by atoms with van der Waals surface area (Å²) in [5, 5.41) is 0. The minimum Gasteiger partial charge on any atom is -0.491 e. The Labute approximate surface area is 124 Å². The lowest BCUT2D eigenvalue weighted by Crippen LogP contribution is -2.34. The summed E-state index contributed by atoms with van der Waals surface area (Å²) in [6, 6.07) is 7.37. The number of amides is 1. The van der Waals surface area contributed by atoms with E-state index in [4.69, 9.17) is 9.47 Å². The van der Waals surface area contributed by atoms with Crippen molar-refractivity contribution >= 4 is 17.6 Å². The van der Waals surface area contributed by atoms with E-state index in [0.29, 0.717) is 31.0 Å². The van der Waals surface area contributed by atoms with Gasteiger partial charge in [-0.25, -0.2) is 0 Å². The smallest absolute Gasteiger partial charge is 0.308 e. The Morgan fingerprint density at radius 3 is 2.76 bits per heavy atom. The maximum absolute atomic E-state index is 12.2. The van der Waals surface area contributed by atoms with Crippen molar-refractivity contribution in [3.05, 3.63) is 24.3 Å². The minimum atomic E-state index is -0.513. The summed E-state index contributed by atoms with van der Waals surface area (Å²) >= 11 is 0. The highest BCUT2D eigenvalue weighted by molar-refractivity contribution is 5.96. The number of hydrogen-bond acceptors (Lipinski definition) is 4. The second kappa shape index (κ2) is 6.16. The molecule has 0 bridgehead atoms. The Morgan fingerprint density at radius 2 is 2.05 bits per heavy atom. The van der Waals surface area contributed by atoms with E-state index in [1.165, 1.54) is 0 Å². The van der Waals surface area contributed by atoms with Gasteiger partial charge in [-0.1, -0.05) is 12.1 Å². The van der Waals surface area contributed by atoms with Gasteiger partial charge >= 0.3 is 5.97 Å². The van der Waals surface area contributed by atoms with Gasteiger partial charge in [-0.3, -0.25) is 9.59 Å². The topological polar surface area (TPSA) is 55.8 Å². The third-order valence-electron chi connectivity index (χ3n) is 2.99. The van der Waals surface area contributed by atoms with Crippen molar-refractivity contribution in [2.75, 3.05) is 18.1 Å². The summed E-state index contributed by atoms with van der Waals surface area (Å²) in [6.07, 6.45) is 0.473. The zero-order valence-corrected chi connectivity index (χ0v) is 12.7. The summed E-state index contributed by atoms with van der Waals surface area (Å²) in [7, 11) is 0. The number of carbonyl (C=O) groups excluding carboxylic acids is 2. The summed E-state index contributed by atoms with van der Waals surface area (Å²) in [4.78, 5) is 25.6. The van der Waals surface area contributed by atoms with Gasteiger partial charge < -0.3 is 14.4 Å². The van der Waals surface area contributed by atoms with Crippen LogP contribution in [-0.2, 0) is 14.3 Å². The number of fused-ring (bicyclic) bond motifs is 1. The highest BCUT2D eigenvalue weighted by atomic mass is 16.6. The van der Waals surface area contributed by atoms with Crippen LogP contribution in [0.1, 0.15) is 33.6 Å². The van der Waals surface area contributed by atoms with E-state index < -0.39 is 5.60 Å². The SMILES string of the molecule is CC(C)(C)OC(=O)CCN1C(=O)CCOc2ccccc21. The second-order valence-corrected chi connectivity index (χ2v) is 5.95. The van der Waals surface area contributed by atoms with Crippen LogP contribution in [0, 0.1) is 0 Å². The highest BCUT2D eigenvalue weighted by Crippen LogP contribution is 2.31. The third kappa shape index (κ3) is 4.21. The van der Waals surface area contributed by atoms with E-state index in [1.807, 2.05) is 45.0 Å². The molecule has 1 aromatic carbocycles. The number of nitrogens with zero attached hydrogens (tertiary/aromatic N) is 1. The van der Waals surface area contributed by atoms with E-state index in [9.17, 15) is 9.59 Å². The van der Waals surface area contributed by atoms with Crippen molar-refractivity contribution in [1.82, 2.24) is 0 Å². The van der Waals surface area contributed by atoms with Gasteiger partial charge in [0, 0.05) is 6.54 Å². The highest BCUT2D eigenvalue weighted by Gasteiger charge is 2.24. The molecule has 21 heavy (non-hydrogen) atoms. The zero-order valence-electron chi connectivity index (χ0n) is 12.7. The normalized spacial score (nSPS) is 15.0. The van der Waals surface area contributed by atoms with Gasteiger partial charge in [-0.05, 0) is 32.9 Å². The summed E-state index contributed by atoms with van der Waals surface area (Å²) in [5.41, 5.74) is 0.199. The first-order chi connectivity index (χ1) is 9.87. The Hall–Kier alpha value is -2.04. The molecule has 1 aliphatic rings. The molecule has 5 heteroatoms. The van der Waals surface area contributed by atoms with Gasteiger partial charge in [0.25, 0.3) is 0 Å². The van der Waals surface area contributed by atoms with Gasteiger partial charge in [0.05, 0.1) is 25.1 Å². The van der Waals surface area contributed by atoms with Crippen LogP contribution in [-0.4, -0.2) is 30.6 Å². The molecule has 5 nitrogen and oxygen atoms in total. The van der Waals surface area contributed by atoms with Crippen molar-refractivity contribution in [2.45, 2.75) is 39.2 Å². The van der Waals surface area contributed by atoms with E-state index in [1.54, 1.807) is 4.90 Å². The molecular weight excluding hydrogens is 270 g/mol. The lowest BCUT2D eigenvalue weighted by Gasteiger charge is -2.23. The van der Waals surface area contributed by atoms with Crippen molar-refractivity contribution in [3.8, 4) is 5.75 Å². The van der Waals surface area contributed by atoms with E-state index >= 15 is 0 Å². The lowest BCUT2D eigenvalue weighted by atomic mass is 10.2. The summed E-state index contributed by atoms with van der Waals surface area (Å²) < 4.78 is 10.8. The molecular formula is C16H21NO4. The van der Waals surface area contributed by atoms with E-state index in [2.05, 4.69) is 0 Å². The molecule has 0 spiro atoms. The average Bonchev–Trinajstić information content (AvgIpc) is 2.53. The maximum Gasteiger partial charge on any atom is 0.308 e. The predicted molar refractivity (Wildman–Crippen MR) is 79.4 cm³/mol. The zero-order chi connectivity index (χ0) is 15.5. The summed E-state index contributed by atoms with van der Waals surface area (Å²) in [6.45, 7) is 6.13.